The fourth-order valence-electron chi connectivity index (χ4n) is 1.57. The van der Waals surface area contributed by atoms with Crippen LogP contribution in [0.2, 0.25) is 0 Å². The van der Waals surface area contributed by atoms with Gasteiger partial charge in [0, 0.05) is 17.8 Å². The maximum atomic E-state index is 3.62. The van der Waals surface area contributed by atoms with Gasteiger partial charge in [-0.25, -0.2) is 0 Å². The van der Waals surface area contributed by atoms with E-state index in [-0.39, 0.29) is 0 Å². The van der Waals surface area contributed by atoms with Crippen molar-refractivity contribution in [1.29, 1.82) is 0 Å². The molecule has 2 unspecified atom stereocenters. The number of benzene rings is 1. The van der Waals surface area contributed by atoms with E-state index in [1.807, 2.05) is 11.8 Å². The van der Waals surface area contributed by atoms with Gasteiger partial charge < -0.3 is 5.32 Å². The monoisotopic (exact) mass is 223 g/mol. The summed E-state index contributed by atoms with van der Waals surface area (Å²) in [6.07, 6.45) is 3.31. The lowest BCUT2D eigenvalue weighted by Gasteiger charge is -2.19. The smallest absolute Gasteiger partial charge is 0.0318 e. The molecule has 2 heteroatoms. The zero-order valence-electron chi connectivity index (χ0n) is 9.86. The lowest BCUT2D eigenvalue weighted by Crippen LogP contribution is -2.27. The van der Waals surface area contributed by atoms with Crippen molar-refractivity contribution in [3.05, 3.63) is 35.9 Å². The van der Waals surface area contributed by atoms with Crippen LogP contribution in [-0.2, 0) is 0 Å². The minimum absolute atomic E-state index is 0.501. The number of hydrogen-bond donors (Lipinski definition) is 1. The van der Waals surface area contributed by atoms with Crippen LogP contribution in [0.5, 0.6) is 0 Å². The molecule has 2 atom stereocenters. The zero-order chi connectivity index (χ0) is 11.1. The third-order valence-corrected chi connectivity index (χ3v) is 3.64. The molecule has 0 aliphatic carbocycles. The Balaban J connectivity index is 2.50. The molecule has 0 spiro atoms. The fraction of sp³-hybridized carbons (Fsp3) is 0.538. The zero-order valence-corrected chi connectivity index (χ0v) is 10.7. The van der Waals surface area contributed by atoms with Crippen LogP contribution in [-0.4, -0.2) is 18.1 Å². The van der Waals surface area contributed by atoms with Gasteiger partial charge in [0.2, 0.25) is 0 Å². The lowest BCUT2D eigenvalue weighted by atomic mass is 10.0. The number of thioether (sulfide) groups is 1. The predicted octanol–water partition coefficient (Wildman–Crippen LogP) is 3.48. The highest BCUT2D eigenvalue weighted by atomic mass is 32.2. The van der Waals surface area contributed by atoms with E-state index in [1.54, 1.807) is 0 Å². The molecule has 84 valence electrons. The van der Waals surface area contributed by atoms with Crippen LogP contribution in [0.4, 0.5) is 0 Å². The molecule has 0 saturated carbocycles. The molecule has 1 aromatic carbocycles. The Kier molecular flexibility index (Phi) is 5.81. The van der Waals surface area contributed by atoms with Gasteiger partial charge in [-0.15, -0.1) is 0 Å². The molecular formula is C13H21NS. The molecule has 0 radical (unpaired) electrons. The predicted molar refractivity (Wildman–Crippen MR) is 70.5 cm³/mol. The molecule has 0 aromatic heterocycles. The van der Waals surface area contributed by atoms with Crippen LogP contribution in [0.3, 0.4) is 0 Å². The number of rotatable bonds is 6. The van der Waals surface area contributed by atoms with E-state index in [1.165, 1.54) is 5.56 Å². The molecule has 15 heavy (non-hydrogen) atoms. The maximum Gasteiger partial charge on any atom is 0.0318 e. The Morgan fingerprint density at radius 3 is 2.47 bits per heavy atom. The van der Waals surface area contributed by atoms with E-state index in [0.717, 1.165) is 13.0 Å². The summed E-state index contributed by atoms with van der Waals surface area (Å²) in [5.41, 5.74) is 1.40. The summed E-state index contributed by atoms with van der Waals surface area (Å²) in [5, 5.41) is 4.30. The molecule has 1 N–H and O–H groups in total. The average molecular weight is 223 g/mol. The highest BCUT2D eigenvalue weighted by Crippen LogP contribution is 2.16. The summed E-state index contributed by atoms with van der Waals surface area (Å²) in [6, 6.07) is 11.2. The highest BCUT2D eigenvalue weighted by Gasteiger charge is 2.08. The van der Waals surface area contributed by atoms with Crippen LogP contribution in [0.1, 0.15) is 31.9 Å². The van der Waals surface area contributed by atoms with Gasteiger partial charge in [0.15, 0.2) is 0 Å². The molecule has 0 bridgehead atoms. The van der Waals surface area contributed by atoms with Gasteiger partial charge in [-0.05, 0) is 18.2 Å². The topological polar surface area (TPSA) is 12.0 Å². The van der Waals surface area contributed by atoms with Crippen molar-refractivity contribution >= 4 is 11.8 Å². The quantitative estimate of drug-likeness (QED) is 0.792. The number of nitrogens with one attached hydrogen (secondary N) is 1. The van der Waals surface area contributed by atoms with Gasteiger partial charge in [0.25, 0.3) is 0 Å². The Bertz CT molecular complexity index is 260. The second-order valence-corrected chi connectivity index (χ2v) is 5.10. The SMILES string of the molecule is CCC(NCC(C)SC)c1ccccc1. The first kappa shape index (κ1) is 12.6. The molecule has 1 rings (SSSR count). The van der Waals surface area contributed by atoms with Gasteiger partial charge in [0.1, 0.15) is 0 Å². The molecule has 1 nitrogen and oxygen atoms in total. The minimum atomic E-state index is 0.501. The number of hydrogen-bond acceptors (Lipinski definition) is 2. The van der Waals surface area contributed by atoms with Crippen LogP contribution in [0.25, 0.3) is 0 Å². The van der Waals surface area contributed by atoms with Crippen molar-refractivity contribution in [3.63, 3.8) is 0 Å². The van der Waals surface area contributed by atoms with Crippen LogP contribution < -0.4 is 5.32 Å². The first-order valence-electron chi connectivity index (χ1n) is 5.59. The molecule has 0 heterocycles. The first-order valence-corrected chi connectivity index (χ1v) is 6.87. The van der Waals surface area contributed by atoms with Crippen molar-refractivity contribution in [1.82, 2.24) is 5.32 Å². The maximum absolute atomic E-state index is 3.62. The van der Waals surface area contributed by atoms with E-state index in [9.17, 15) is 0 Å². The van der Waals surface area contributed by atoms with Crippen molar-refractivity contribution in [3.8, 4) is 0 Å². The highest BCUT2D eigenvalue weighted by molar-refractivity contribution is 7.99. The Morgan fingerprint density at radius 1 is 1.27 bits per heavy atom. The largest absolute Gasteiger partial charge is 0.309 e. The van der Waals surface area contributed by atoms with Crippen LogP contribution in [0.15, 0.2) is 30.3 Å². The fourth-order valence-corrected chi connectivity index (χ4v) is 1.84. The third-order valence-electron chi connectivity index (χ3n) is 2.66. The van der Waals surface area contributed by atoms with Gasteiger partial charge in [-0.3, -0.25) is 0 Å². The van der Waals surface area contributed by atoms with E-state index in [2.05, 4.69) is 55.8 Å². The summed E-state index contributed by atoms with van der Waals surface area (Å²) in [5.74, 6) is 0. The second kappa shape index (κ2) is 6.91. The Labute approximate surface area is 97.7 Å². The molecular weight excluding hydrogens is 202 g/mol. The summed E-state index contributed by atoms with van der Waals surface area (Å²) in [4.78, 5) is 0. The van der Waals surface area contributed by atoms with E-state index < -0.39 is 0 Å². The van der Waals surface area contributed by atoms with Gasteiger partial charge in [-0.1, -0.05) is 44.2 Å². The minimum Gasteiger partial charge on any atom is -0.309 e. The van der Waals surface area contributed by atoms with Gasteiger partial charge in [-0.2, -0.15) is 11.8 Å². The Morgan fingerprint density at radius 2 is 1.93 bits per heavy atom. The standard InChI is InChI=1S/C13H21NS/c1-4-13(14-10-11(2)15-3)12-8-6-5-7-9-12/h5-9,11,13-14H,4,10H2,1-3H3. The molecule has 1 aromatic rings. The molecule has 0 saturated heterocycles. The first-order chi connectivity index (χ1) is 7.27. The van der Waals surface area contributed by atoms with Gasteiger partial charge >= 0.3 is 0 Å². The summed E-state index contributed by atoms with van der Waals surface area (Å²) < 4.78 is 0. The molecule has 0 amide bonds. The van der Waals surface area contributed by atoms with Crippen molar-refractivity contribution in [2.24, 2.45) is 0 Å². The Hall–Kier alpha value is -0.470. The summed E-state index contributed by atoms with van der Waals surface area (Å²) >= 11 is 1.91. The van der Waals surface area contributed by atoms with Crippen molar-refractivity contribution < 1.29 is 0 Å². The van der Waals surface area contributed by atoms with Crippen molar-refractivity contribution in [2.45, 2.75) is 31.6 Å². The third kappa shape index (κ3) is 4.27. The normalized spacial score (nSPS) is 14.9. The van der Waals surface area contributed by atoms with Crippen LogP contribution >= 0.6 is 11.8 Å². The van der Waals surface area contributed by atoms with E-state index >= 15 is 0 Å². The summed E-state index contributed by atoms with van der Waals surface area (Å²) in [6.45, 7) is 5.57. The van der Waals surface area contributed by atoms with Crippen LogP contribution in [0, 0.1) is 0 Å². The van der Waals surface area contributed by atoms with E-state index in [0.29, 0.717) is 11.3 Å². The second-order valence-electron chi connectivity index (χ2n) is 3.83. The average Bonchev–Trinajstić information content (AvgIpc) is 2.31. The van der Waals surface area contributed by atoms with E-state index in [4.69, 9.17) is 0 Å². The summed E-state index contributed by atoms with van der Waals surface area (Å²) in [7, 11) is 0. The molecule has 0 fully saturated rings. The molecule has 0 aliphatic rings. The lowest BCUT2D eigenvalue weighted by molar-refractivity contribution is 0.522. The van der Waals surface area contributed by atoms with Gasteiger partial charge in [0.05, 0.1) is 0 Å². The van der Waals surface area contributed by atoms with Crippen molar-refractivity contribution in [2.75, 3.05) is 12.8 Å². The molecule has 0 aliphatic heterocycles.